The van der Waals surface area contributed by atoms with Crippen LogP contribution in [0.2, 0.25) is 5.02 Å². The maximum absolute atomic E-state index is 12.1. The summed E-state index contributed by atoms with van der Waals surface area (Å²) in [5.74, 6) is -1.22. The van der Waals surface area contributed by atoms with Gasteiger partial charge in [0, 0.05) is 17.6 Å². The molecule has 1 aliphatic heterocycles. The van der Waals surface area contributed by atoms with E-state index in [1.54, 1.807) is 18.2 Å². The van der Waals surface area contributed by atoms with Gasteiger partial charge in [-0.3, -0.25) is 4.79 Å². The molecule has 1 N–H and O–H groups in total. The van der Waals surface area contributed by atoms with Crippen LogP contribution < -0.4 is 0 Å². The van der Waals surface area contributed by atoms with Gasteiger partial charge < -0.3 is 10.0 Å². The fourth-order valence-corrected chi connectivity index (χ4v) is 2.52. The number of carbonyl (C=O) groups excluding carboxylic acids is 1. The lowest BCUT2D eigenvalue weighted by molar-refractivity contribution is -0.150. The molecule has 0 spiro atoms. The molecule has 1 amide bonds. The van der Waals surface area contributed by atoms with Crippen molar-refractivity contribution in [2.45, 2.75) is 25.3 Å². The molecule has 4 nitrogen and oxygen atoms in total. The summed E-state index contributed by atoms with van der Waals surface area (Å²) in [5.41, 5.74) is 0.742. The first-order valence-electron chi connectivity index (χ1n) is 6.55. The van der Waals surface area contributed by atoms with Crippen LogP contribution in [0.3, 0.4) is 0 Å². The summed E-state index contributed by atoms with van der Waals surface area (Å²) < 4.78 is 0. The lowest BCUT2D eigenvalue weighted by Gasteiger charge is -2.32. The second kappa shape index (κ2) is 6.57. The van der Waals surface area contributed by atoms with Crippen molar-refractivity contribution in [1.29, 1.82) is 0 Å². The number of likely N-dealkylation sites (tertiary alicyclic amines) is 1. The Bertz CT molecular complexity index is 542. The third-order valence-electron chi connectivity index (χ3n) is 3.38. The van der Waals surface area contributed by atoms with Gasteiger partial charge in [0.2, 0.25) is 5.91 Å². The summed E-state index contributed by atoms with van der Waals surface area (Å²) >= 11 is 6.00. The molecule has 0 aliphatic carbocycles. The Labute approximate surface area is 122 Å². The quantitative estimate of drug-likeness (QED) is 0.872. The molecule has 1 aromatic rings. The predicted octanol–water partition coefficient (Wildman–Crippen LogP) is 2.82. The Balaban J connectivity index is 2.10. The van der Waals surface area contributed by atoms with Crippen LogP contribution in [0.1, 0.15) is 24.8 Å². The Morgan fingerprint density at radius 2 is 2.05 bits per heavy atom. The van der Waals surface area contributed by atoms with Crippen molar-refractivity contribution in [2.75, 3.05) is 6.54 Å². The van der Waals surface area contributed by atoms with Crippen LogP contribution in [0.25, 0.3) is 6.08 Å². The third kappa shape index (κ3) is 3.39. The lowest BCUT2D eigenvalue weighted by Crippen LogP contribution is -2.47. The van der Waals surface area contributed by atoms with Crippen LogP contribution in [0.15, 0.2) is 30.3 Å². The smallest absolute Gasteiger partial charge is 0.326 e. The van der Waals surface area contributed by atoms with Crippen LogP contribution in [-0.2, 0) is 9.59 Å². The molecule has 106 valence electrons. The molecule has 1 atom stereocenters. The largest absolute Gasteiger partial charge is 0.480 e. The van der Waals surface area contributed by atoms with E-state index < -0.39 is 12.0 Å². The number of nitrogens with zero attached hydrogens (tertiary/aromatic N) is 1. The molecule has 2 rings (SSSR count). The number of carboxylic acids is 1. The second-order valence-corrected chi connectivity index (χ2v) is 5.14. The van der Waals surface area contributed by atoms with Gasteiger partial charge in [0.25, 0.3) is 0 Å². The van der Waals surface area contributed by atoms with Crippen molar-refractivity contribution >= 4 is 29.6 Å². The average molecular weight is 294 g/mol. The summed E-state index contributed by atoms with van der Waals surface area (Å²) in [4.78, 5) is 24.7. The van der Waals surface area contributed by atoms with Crippen molar-refractivity contribution in [3.8, 4) is 0 Å². The standard InChI is InChI=1S/C15H16ClNO3/c16-12-6-2-1-5-11(12)8-9-14(18)17-10-4-3-7-13(17)15(19)20/h1-2,5-6,8-9,13H,3-4,7,10H2,(H,19,20). The number of carboxylic acid groups (broad SMARTS) is 1. The van der Waals surface area contributed by atoms with Crippen LogP contribution in [-0.4, -0.2) is 34.5 Å². The van der Waals surface area contributed by atoms with E-state index in [1.807, 2.05) is 12.1 Å². The molecular formula is C15H16ClNO3. The number of halogens is 1. The van der Waals surface area contributed by atoms with E-state index in [0.717, 1.165) is 18.4 Å². The maximum Gasteiger partial charge on any atom is 0.326 e. The molecular weight excluding hydrogens is 278 g/mol. The molecule has 5 heteroatoms. The molecule has 0 bridgehead atoms. The topological polar surface area (TPSA) is 57.6 Å². The number of rotatable bonds is 3. The Hall–Kier alpha value is -1.81. The molecule has 1 saturated heterocycles. The van der Waals surface area contributed by atoms with Crippen molar-refractivity contribution < 1.29 is 14.7 Å². The number of aliphatic carboxylic acids is 1. The van der Waals surface area contributed by atoms with Gasteiger partial charge in [-0.1, -0.05) is 29.8 Å². The van der Waals surface area contributed by atoms with Gasteiger partial charge in [-0.25, -0.2) is 4.79 Å². The van der Waals surface area contributed by atoms with E-state index in [-0.39, 0.29) is 5.91 Å². The van der Waals surface area contributed by atoms with Crippen molar-refractivity contribution in [2.24, 2.45) is 0 Å². The van der Waals surface area contributed by atoms with Gasteiger partial charge in [-0.15, -0.1) is 0 Å². The highest BCUT2D eigenvalue weighted by Gasteiger charge is 2.30. The van der Waals surface area contributed by atoms with Crippen LogP contribution >= 0.6 is 11.6 Å². The zero-order valence-corrected chi connectivity index (χ0v) is 11.7. The number of hydrogen-bond donors (Lipinski definition) is 1. The number of amides is 1. The summed E-state index contributed by atoms with van der Waals surface area (Å²) in [6, 6.07) is 6.47. The lowest BCUT2D eigenvalue weighted by atomic mass is 10.0. The maximum atomic E-state index is 12.1. The molecule has 0 saturated carbocycles. The highest BCUT2D eigenvalue weighted by molar-refractivity contribution is 6.32. The molecule has 0 aromatic heterocycles. The van der Waals surface area contributed by atoms with Gasteiger partial charge in [0.15, 0.2) is 0 Å². The van der Waals surface area contributed by atoms with E-state index in [4.69, 9.17) is 16.7 Å². The van der Waals surface area contributed by atoms with Gasteiger partial charge in [-0.05, 0) is 37.0 Å². The van der Waals surface area contributed by atoms with E-state index in [0.29, 0.717) is 18.0 Å². The van der Waals surface area contributed by atoms with E-state index in [1.165, 1.54) is 11.0 Å². The van der Waals surface area contributed by atoms with Crippen LogP contribution in [0.5, 0.6) is 0 Å². The molecule has 1 unspecified atom stereocenters. The zero-order valence-electron chi connectivity index (χ0n) is 11.0. The third-order valence-corrected chi connectivity index (χ3v) is 3.73. The average Bonchev–Trinajstić information content (AvgIpc) is 2.46. The van der Waals surface area contributed by atoms with E-state index in [9.17, 15) is 9.59 Å². The number of carbonyl (C=O) groups is 2. The molecule has 1 fully saturated rings. The van der Waals surface area contributed by atoms with Crippen molar-refractivity contribution in [1.82, 2.24) is 4.90 Å². The zero-order chi connectivity index (χ0) is 14.5. The minimum atomic E-state index is -0.941. The first kappa shape index (κ1) is 14.6. The van der Waals surface area contributed by atoms with Crippen LogP contribution in [0, 0.1) is 0 Å². The van der Waals surface area contributed by atoms with Gasteiger partial charge in [-0.2, -0.15) is 0 Å². The number of hydrogen-bond acceptors (Lipinski definition) is 2. The van der Waals surface area contributed by atoms with E-state index >= 15 is 0 Å². The molecule has 20 heavy (non-hydrogen) atoms. The summed E-state index contributed by atoms with van der Waals surface area (Å²) in [5, 5.41) is 9.71. The van der Waals surface area contributed by atoms with Gasteiger partial charge in [0.1, 0.15) is 6.04 Å². The number of benzene rings is 1. The first-order valence-corrected chi connectivity index (χ1v) is 6.93. The second-order valence-electron chi connectivity index (χ2n) is 4.74. The van der Waals surface area contributed by atoms with Gasteiger partial charge >= 0.3 is 5.97 Å². The molecule has 0 radical (unpaired) electrons. The predicted molar refractivity (Wildman–Crippen MR) is 77.5 cm³/mol. The SMILES string of the molecule is O=C(O)C1CCCCN1C(=O)C=Cc1ccccc1Cl. The Morgan fingerprint density at radius 3 is 2.75 bits per heavy atom. The highest BCUT2D eigenvalue weighted by Crippen LogP contribution is 2.19. The summed E-state index contributed by atoms with van der Waals surface area (Å²) in [6.07, 6.45) is 5.21. The highest BCUT2D eigenvalue weighted by atomic mass is 35.5. The van der Waals surface area contributed by atoms with Crippen molar-refractivity contribution in [3.05, 3.63) is 40.9 Å². The minimum Gasteiger partial charge on any atom is -0.480 e. The van der Waals surface area contributed by atoms with Crippen molar-refractivity contribution in [3.63, 3.8) is 0 Å². The Morgan fingerprint density at radius 1 is 1.30 bits per heavy atom. The van der Waals surface area contributed by atoms with Gasteiger partial charge in [0.05, 0.1) is 0 Å². The number of piperidine rings is 1. The normalized spacial score (nSPS) is 19.2. The monoisotopic (exact) mass is 293 g/mol. The fraction of sp³-hybridized carbons (Fsp3) is 0.333. The fourth-order valence-electron chi connectivity index (χ4n) is 2.32. The summed E-state index contributed by atoms with van der Waals surface area (Å²) in [6.45, 7) is 0.489. The van der Waals surface area contributed by atoms with E-state index in [2.05, 4.69) is 0 Å². The Kier molecular flexibility index (Phi) is 4.79. The molecule has 1 heterocycles. The van der Waals surface area contributed by atoms with Crippen LogP contribution in [0.4, 0.5) is 0 Å². The first-order chi connectivity index (χ1) is 9.59. The minimum absolute atomic E-state index is 0.281. The molecule has 1 aliphatic rings. The summed E-state index contributed by atoms with van der Waals surface area (Å²) in [7, 11) is 0. The molecule has 1 aromatic carbocycles.